The first-order valence-corrected chi connectivity index (χ1v) is 13.5. The molecule has 5 rings (SSSR count). The summed E-state index contributed by atoms with van der Waals surface area (Å²) in [4.78, 5) is 34.6. The minimum atomic E-state index is -0.195. The molecular formula is C22H23N7O2S3. The molecule has 0 aliphatic carbocycles. The summed E-state index contributed by atoms with van der Waals surface area (Å²) in [6, 6.07) is 3.93. The number of carbonyl (C=O) groups excluding carboxylic acids is 1. The number of aliphatic imine (C=N–C) groups is 1. The predicted octanol–water partition coefficient (Wildman–Crippen LogP) is 3.99. The Morgan fingerprint density at radius 2 is 2.21 bits per heavy atom. The van der Waals surface area contributed by atoms with Crippen LogP contribution < -0.4 is 5.73 Å². The molecular weight excluding hydrogens is 490 g/mol. The van der Waals surface area contributed by atoms with E-state index < -0.39 is 0 Å². The van der Waals surface area contributed by atoms with Gasteiger partial charge in [0.25, 0.3) is 0 Å². The molecule has 34 heavy (non-hydrogen) atoms. The summed E-state index contributed by atoms with van der Waals surface area (Å²) in [5, 5.41) is 5.65. The zero-order valence-corrected chi connectivity index (χ0v) is 21.1. The molecule has 2 N–H and O–H groups in total. The monoisotopic (exact) mass is 513 g/mol. The van der Waals surface area contributed by atoms with Gasteiger partial charge in [-0.1, -0.05) is 23.0 Å². The van der Waals surface area contributed by atoms with Crippen molar-refractivity contribution < 1.29 is 9.63 Å². The van der Waals surface area contributed by atoms with Crippen LogP contribution >= 0.6 is 35.1 Å². The molecule has 2 atom stereocenters. The largest absolute Gasteiger partial charge is 0.396 e. The third-order valence-corrected chi connectivity index (χ3v) is 8.89. The lowest BCUT2D eigenvalue weighted by Crippen LogP contribution is -2.60. The van der Waals surface area contributed by atoms with Crippen molar-refractivity contribution in [2.45, 2.75) is 32.1 Å². The van der Waals surface area contributed by atoms with E-state index in [1.54, 1.807) is 35.9 Å². The molecule has 1 fully saturated rings. The highest BCUT2D eigenvalue weighted by molar-refractivity contribution is 8.18. The smallest absolute Gasteiger partial charge is 0.234 e. The maximum Gasteiger partial charge on any atom is 0.234 e. The van der Waals surface area contributed by atoms with E-state index in [1.165, 1.54) is 4.91 Å². The first-order valence-electron chi connectivity index (χ1n) is 10.8. The Kier molecular flexibility index (Phi) is 6.70. The second-order valence-corrected chi connectivity index (χ2v) is 10.8. The number of nitrogens with two attached hydrogens (primary N) is 1. The summed E-state index contributed by atoms with van der Waals surface area (Å²) >= 11 is 4.55. The van der Waals surface area contributed by atoms with Crippen LogP contribution in [0.2, 0.25) is 0 Å². The average molecular weight is 514 g/mol. The Morgan fingerprint density at radius 1 is 1.38 bits per heavy atom. The summed E-state index contributed by atoms with van der Waals surface area (Å²) in [5.74, 6) is 1.16. The fourth-order valence-electron chi connectivity index (χ4n) is 3.96. The fraction of sp³-hybridized carbons (Fsp3) is 0.364. The number of hydrogen-bond donors (Lipinski definition) is 1. The number of hydrogen-bond acceptors (Lipinski definition) is 11. The Hall–Kier alpha value is -2.70. The van der Waals surface area contributed by atoms with Crippen LogP contribution in [0.25, 0.3) is 5.70 Å². The van der Waals surface area contributed by atoms with Crippen molar-refractivity contribution in [2.75, 3.05) is 18.1 Å². The Bertz CT molecular complexity index is 1220. The summed E-state index contributed by atoms with van der Waals surface area (Å²) < 4.78 is 4.25. The number of amides is 1. The lowest BCUT2D eigenvalue weighted by molar-refractivity contribution is -0.146. The minimum Gasteiger partial charge on any atom is -0.396 e. The highest BCUT2D eigenvalue weighted by atomic mass is 32.2. The third-order valence-electron chi connectivity index (χ3n) is 5.65. The Labute approximate surface area is 209 Å². The van der Waals surface area contributed by atoms with Crippen LogP contribution in [0, 0.1) is 5.92 Å². The summed E-state index contributed by atoms with van der Waals surface area (Å²) in [6.07, 6.45) is 6.90. The summed E-state index contributed by atoms with van der Waals surface area (Å²) in [5.41, 5.74) is 9.35. The Morgan fingerprint density at radius 3 is 2.94 bits per heavy atom. The van der Waals surface area contributed by atoms with Crippen molar-refractivity contribution in [3.8, 4) is 0 Å². The number of oxime groups is 1. The lowest BCUT2D eigenvalue weighted by atomic mass is 9.91. The van der Waals surface area contributed by atoms with Gasteiger partial charge in [0, 0.05) is 58.7 Å². The van der Waals surface area contributed by atoms with Crippen LogP contribution in [0.1, 0.15) is 38.1 Å². The van der Waals surface area contributed by atoms with Gasteiger partial charge in [0.2, 0.25) is 5.91 Å². The average Bonchev–Trinajstić information content (AvgIpc) is 3.50. The molecule has 1 saturated heterocycles. The SMILES string of the molecule is CCON=C(CC1C(=O)N2C(C)=C(SC3=NC(c4ccncc4)=CC3)CSC12)c1nsc(N)n1. The molecule has 0 bridgehead atoms. The van der Waals surface area contributed by atoms with Crippen molar-refractivity contribution >= 4 is 62.5 Å². The van der Waals surface area contributed by atoms with Gasteiger partial charge >= 0.3 is 0 Å². The molecule has 12 heteroatoms. The highest BCUT2D eigenvalue weighted by Crippen LogP contribution is 2.48. The van der Waals surface area contributed by atoms with Gasteiger partial charge in [0.1, 0.15) is 12.3 Å². The van der Waals surface area contributed by atoms with Gasteiger partial charge in [-0.05, 0) is 26.0 Å². The predicted molar refractivity (Wildman–Crippen MR) is 138 cm³/mol. The van der Waals surface area contributed by atoms with E-state index in [4.69, 9.17) is 15.6 Å². The molecule has 2 aromatic heterocycles. The van der Waals surface area contributed by atoms with Crippen molar-refractivity contribution in [1.29, 1.82) is 0 Å². The zero-order valence-electron chi connectivity index (χ0n) is 18.7. The van der Waals surface area contributed by atoms with E-state index in [9.17, 15) is 4.79 Å². The van der Waals surface area contributed by atoms with Gasteiger partial charge in [-0.25, -0.2) is 4.99 Å². The Balaban J connectivity index is 1.27. The number of pyridine rings is 1. The molecule has 3 aliphatic rings. The van der Waals surface area contributed by atoms with E-state index in [0.717, 1.165) is 45.7 Å². The molecule has 0 saturated carbocycles. The molecule has 1 amide bonds. The highest BCUT2D eigenvalue weighted by Gasteiger charge is 2.51. The summed E-state index contributed by atoms with van der Waals surface area (Å²) in [6.45, 7) is 4.30. The number of thioether (sulfide) groups is 2. The molecule has 176 valence electrons. The standard InChI is InChI=1S/C22H23N7O2S3/c1-3-31-27-16(19-26-22(23)34-28-19)10-14-20(30)29-12(2)17(11-32-21(14)29)33-18-5-4-15(25-18)13-6-8-24-9-7-13/h4,6-9,14,21H,3,5,10-11H2,1-2H3,(H2,23,26,28). The van der Waals surface area contributed by atoms with Crippen LogP contribution in [0.3, 0.4) is 0 Å². The van der Waals surface area contributed by atoms with Gasteiger partial charge in [-0.15, -0.1) is 11.8 Å². The maximum atomic E-state index is 13.1. The molecule has 2 aromatic rings. The number of fused-ring (bicyclic) bond motifs is 1. The molecule has 3 aliphatic heterocycles. The van der Waals surface area contributed by atoms with E-state index >= 15 is 0 Å². The molecule has 9 nitrogen and oxygen atoms in total. The second kappa shape index (κ2) is 9.88. The van der Waals surface area contributed by atoms with Crippen LogP contribution in [-0.4, -0.2) is 53.6 Å². The summed E-state index contributed by atoms with van der Waals surface area (Å²) in [7, 11) is 0. The first kappa shape index (κ1) is 23.1. The molecule has 2 unspecified atom stereocenters. The van der Waals surface area contributed by atoms with Crippen LogP contribution in [0.5, 0.6) is 0 Å². The fourth-order valence-corrected chi connectivity index (χ4v) is 7.08. The molecule has 5 heterocycles. The number of nitrogen functional groups attached to an aromatic ring is 1. The zero-order chi connectivity index (χ0) is 23.7. The van der Waals surface area contributed by atoms with Gasteiger partial charge in [-0.3, -0.25) is 9.78 Å². The first-order chi connectivity index (χ1) is 16.5. The van der Waals surface area contributed by atoms with Gasteiger partial charge in [0.05, 0.1) is 22.0 Å². The molecule has 0 aromatic carbocycles. The van der Waals surface area contributed by atoms with E-state index in [-0.39, 0.29) is 17.2 Å². The van der Waals surface area contributed by atoms with Crippen LogP contribution in [-0.2, 0) is 9.63 Å². The maximum absolute atomic E-state index is 13.1. The van der Waals surface area contributed by atoms with Crippen LogP contribution in [0.4, 0.5) is 5.13 Å². The van der Waals surface area contributed by atoms with Crippen molar-refractivity contribution in [2.24, 2.45) is 16.1 Å². The molecule has 0 spiro atoms. The van der Waals surface area contributed by atoms with E-state index in [1.807, 2.05) is 30.9 Å². The number of β-lactam (4-membered cyclic amide) rings is 1. The van der Waals surface area contributed by atoms with E-state index in [0.29, 0.717) is 29.7 Å². The number of aromatic nitrogens is 3. The number of allylic oxidation sites excluding steroid dienone is 2. The number of anilines is 1. The van der Waals surface area contributed by atoms with Gasteiger partial charge in [-0.2, -0.15) is 9.36 Å². The normalized spacial score (nSPS) is 22.4. The number of nitrogens with zero attached hydrogens (tertiary/aromatic N) is 6. The molecule has 0 radical (unpaired) electrons. The van der Waals surface area contributed by atoms with Gasteiger partial charge in [0.15, 0.2) is 11.0 Å². The van der Waals surface area contributed by atoms with E-state index in [2.05, 4.69) is 25.6 Å². The van der Waals surface area contributed by atoms with Crippen molar-refractivity contribution in [3.05, 3.63) is 52.6 Å². The van der Waals surface area contributed by atoms with Crippen molar-refractivity contribution in [1.82, 2.24) is 19.2 Å². The lowest BCUT2D eigenvalue weighted by Gasteiger charge is -2.50. The van der Waals surface area contributed by atoms with Crippen LogP contribution in [0.15, 0.2) is 51.4 Å². The number of rotatable bonds is 7. The van der Waals surface area contributed by atoms with Gasteiger partial charge < -0.3 is 15.5 Å². The number of carbonyl (C=O) groups is 1. The minimum absolute atomic E-state index is 0.0654. The second-order valence-electron chi connectivity index (χ2n) is 7.78. The topological polar surface area (TPSA) is 119 Å². The van der Waals surface area contributed by atoms with Crippen molar-refractivity contribution in [3.63, 3.8) is 0 Å². The third kappa shape index (κ3) is 4.49. The quantitative estimate of drug-likeness (QED) is 0.335.